The molecule has 2 nitrogen and oxygen atoms in total. The zero-order valence-corrected chi connectivity index (χ0v) is 13.0. The number of benzene rings is 1. The van der Waals surface area contributed by atoms with Gasteiger partial charge in [-0.1, -0.05) is 26.8 Å². The maximum atomic E-state index is 6.29. The van der Waals surface area contributed by atoms with Crippen molar-refractivity contribution in [3.05, 3.63) is 29.6 Å². The first-order chi connectivity index (χ1) is 9.02. The number of hydrogen-bond acceptors (Lipinski definition) is 1. The highest BCUT2D eigenvalue weighted by Gasteiger charge is 2.15. The van der Waals surface area contributed by atoms with Gasteiger partial charge >= 0.3 is 0 Å². The molecule has 104 valence electrons. The zero-order valence-electron chi connectivity index (χ0n) is 12.3. The minimum absolute atomic E-state index is 0.0513. The van der Waals surface area contributed by atoms with Gasteiger partial charge in [0, 0.05) is 6.54 Å². The summed E-state index contributed by atoms with van der Waals surface area (Å²) in [6, 6.07) is 6.56. The van der Waals surface area contributed by atoms with Crippen molar-refractivity contribution in [1.82, 2.24) is 9.55 Å². The lowest BCUT2D eigenvalue weighted by Gasteiger charge is -2.12. The van der Waals surface area contributed by atoms with Crippen molar-refractivity contribution in [3.8, 4) is 0 Å². The lowest BCUT2D eigenvalue weighted by Crippen LogP contribution is -2.06. The molecule has 0 amide bonds. The van der Waals surface area contributed by atoms with E-state index in [1.54, 1.807) is 0 Å². The largest absolute Gasteiger partial charge is 0.327 e. The van der Waals surface area contributed by atoms with E-state index in [1.807, 2.05) is 6.92 Å². The highest BCUT2D eigenvalue weighted by Crippen LogP contribution is 2.26. The Hall–Kier alpha value is -1.02. The van der Waals surface area contributed by atoms with E-state index < -0.39 is 0 Å². The van der Waals surface area contributed by atoms with E-state index >= 15 is 0 Å². The molecule has 19 heavy (non-hydrogen) atoms. The Morgan fingerprint density at radius 2 is 2.00 bits per heavy atom. The van der Waals surface area contributed by atoms with Crippen LogP contribution >= 0.6 is 11.6 Å². The molecule has 0 aliphatic rings. The maximum absolute atomic E-state index is 6.29. The molecule has 0 aliphatic heterocycles. The lowest BCUT2D eigenvalue weighted by atomic mass is 10.1. The normalized spacial score (nSPS) is 13.4. The van der Waals surface area contributed by atoms with Gasteiger partial charge in [0.15, 0.2) is 0 Å². The van der Waals surface area contributed by atoms with Crippen LogP contribution in [0.15, 0.2) is 18.2 Å². The smallest absolute Gasteiger partial charge is 0.127 e. The Bertz CT molecular complexity index is 555. The second-order valence-electron chi connectivity index (χ2n) is 5.60. The summed E-state index contributed by atoms with van der Waals surface area (Å²) >= 11 is 6.29. The minimum atomic E-state index is -0.0513. The molecule has 1 unspecified atom stereocenters. The number of imidazole rings is 1. The van der Waals surface area contributed by atoms with Gasteiger partial charge in [0.25, 0.3) is 0 Å². The van der Waals surface area contributed by atoms with Gasteiger partial charge in [-0.2, -0.15) is 0 Å². The summed E-state index contributed by atoms with van der Waals surface area (Å²) in [7, 11) is 0. The van der Waals surface area contributed by atoms with Crippen molar-refractivity contribution in [2.75, 3.05) is 0 Å². The van der Waals surface area contributed by atoms with Gasteiger partial charge in [-0.15, -0.1) is 11.6 Å². The van der Waals surface area contributed by atoms with Crippen LogP contribution in [0.25, 0.3) is 11.0 Å². The summed E-state index contributed by atoms with van der Waals surface area (Å²) in [5, 5.41) is -0.0513. The second kappa shape index (κ2) is 5.96. The monoisotopic (exact) mass is 278 g/mol. The van der Waals surface area contributed by atoms with Crippen molar-refractivity contribution < 1.29 is 0 Å². The fourth-order valence-corrected chi connectivity index (χ4v) is 2.51. The summed E-state index contributed by atoms with van der Waals surface area (Å²) in [6.45, 7) is 9.65. The third kappa shape index (κ3) is 3.11. The summed E-state index contributed by atoms with van der Waals surface area (Å²) in [6.07, 6.45) is 2.19. The average Bonchev–Trinajstić information content (AvgIpc) is 2.73. The minimum Gasteiger partial charge on any atom is -0.327 e. The molecular weight excluding hydrogens is 256 g/mol. The van der Waals surface area contributed by atoms with E-state index in [-0.39, 0.29) is 5.38 Å². The van der Waals surface area contributed by atoms with Crippen molar-refractivity contribution >= 4 is 22.6 Å². The predicted octanol–water partition coefficient (Wildman–Crippen LogP) is 4.94. The summed E-state index contributed by atoms with van der Waals surface area (Å²) in [5.41, 5.74) is 3.61. The lowest BCUT2D eigenvalue weighted by molar-refractivity contribution is 0.512. The number of rotatable bonds is 5. The van der Waals surface area contributed by atoms with Crippen LogP contribution in [0.4, 0.5) is 0 Å². The SMILES string of the molecule is CCc1ccc2c(c1)nc(C(C)Cl)n2CCC(C)C. The summed E-state index contributed by atoms with van der Waals surface area (Å²) < 4.78 is 2.28. The average molecular weight is 279 g/mol. The van der Waals surface area contributed by atoms with E-state index in [0.29, 0.717) is 5.92 Å². The first kappa shape index (κ1) is 14.4. The van der Waals surface area contributed by atoms with E-state index in [4.69, 9.17) is 16.6 Å². The Kier molecular flexibility index (Phi) is 4.51. The molecule has 0 bridgehead atoms. The van der Waals surface area contributed by atoms with Crippen LogP contribution in [0.2, 0.25) is 0 Å². The Labute approximate surface area is 120 Å². The molecule has 0 saturated heterocycles. The molecule has 0 radical (unpaired) electrons. The summed E-state index contributed by atoms with van der Waals surface area (Å²) in [4.78, 5) is 4.73. The molecule has 1 aromatic heterocycles. The van der Waals surface area contributed by atoms with E-state index in [9.17, 15) is 0 Å². The number of hydrogen-bond donors (Lipinski definition) is 0. The molecule has 3 heteroatoms. The first-order valence-corrected chi connectivity index (χ1v) is 7.59. The van der Waals surface area contributed by atoms with Gasteiger partial charge in [0.2, 0.25) is 0 Å². The fraction of sp³-hybridized carbons (Fsp3) is 0.562. The van der Waals surface area contributed by atoms with Crippen LogP contribution in [0.3, 0.4) is 0 Å². The zero-order chi connectivity index (χ0) is 14.0. The highest BCUT2D eigenvalue weighted by molar-refractivity contribution is 6.20. The Balaban J connectivity index is 2.47. The van der Waals surface area contributed by atoms with Gasteiger partial charge < -0.3 is 4.57 Å². The predicted molar refractivity (Wildman–Crippen MR) is 82.8 cm³/mol. The quantitative estimate of drug-likeness (QED) is 0.708. The molecule has 0 saturated carbocycles. The number of halogens is 1. The molecule has 0 N–H and O–H groups in total. The number of nitrogens with zero attached hydrogens (tertiary/aromatic N) is 2. The number of alkyl halides is 1. The standard InChI is InChI=1S/C16H23ClN2/c1-5-13-6-7-15-14(10-13)18-16(12(4)17)19(15)9-8-11(2)3/h6-7,10-12H,5,8-9H2,1-4H3. The molecule has 1 aromatic carbocycles. The topological polar surface area (TPSA) is 17.8 Å². The van der Waals surface area contributed by atoms with E-state index in [0.717, 1.165) is 30.7 Å². The maximum Gasteiger partial charge on any atom is 0.127 e. The Morgan fingerprint density at radius 1 is 1.26 bits per heavy atom. The third-order valence-corrected chi connectivity index (χ3v) is 3.73. The molecular formula is C16H23ClN2. The van der Waals surface area contributed by atoms with Crippen LogP contribution in [0.1, 0.15) is 50.9 Å². The van der Waals surface area contributed by atoms with Gasteiger partial charge in [0.1, 0.15) is 5.82 Å². The molecule has 1 heterocycles. The van der Waals surface area contributed by atoms with E-state index in [1.165, 1.54) is 11.1 Å². The van der Waals surface area contributed by atoms with Crippen LogP contribution in [0, 0.1) is 5.92 Å². The van der Waals surface area contributed by atoms with Gasteiger partial charge in [-0.05, 0) is 43.4 Å². The van der Waals surface area contributed by atoms with Crippen molar-refractivity contribution in [2.24, 2.45) is 5.92 Å². The third-order valence-electron chi connectivity index (χ3n) is 3.54. The van der Waals surface area contributed by atoms with Crippen LogP contribution in [0.5, 0.6) is 0 Å². The van der Waals surface area contributed by atoms with Crippen LogP contribution < -0.4 is 0 Å². The fourth-order valence-electron chi connectivity index (χ4n) is 2.34. The highest BCUT2D eigenvalue weighted by atomic mass is 35.5. The second-order valence-corrected chi connectivity index (χ2v) is 6.25. The van der Waals surface area contributed by atoms with E-state index in [2.05, 4.69) is 43.5 Å². The van der Waals surface area contributed by atoms with Gasteiger partial charge in [0.05, 0.1) is 16.4 Å². The number of aryl methyl sites for hydroxylation is 2. The van der Waals surface area contributed by atoms with Crippen LogP contribution in [-0.4, -0.2) is 9.55 Å². The molecule has 0 aliphatic carbocycles. The number of aromatic nitrogens is 2. The van der Waals surface area contributed by atoms with Crippen molar-refractivity contribution in [3.63, 3.8) is 0 Å². The Morgan fingerprint density at radius 3 is 2.58 bits per heavy atom. The molecule has 0 spiro atoms. The molecule has 0 fully saturated rings. The number of fused-ring (bicyclic) bond motifs is 1. The molecule has 2 aromatic rings. The van der Waals surface area contributed by atoms with Crippen LogP contribution in [-0.2, 0) is 13.0 Å². The van der Waals surface area contributed by atoms with Crippen molar-refractivity contribution in [2.45, 2.75) is 52.5 Å². The van der Waals surface area contributed by atoms with Gasteiger partial charge in [-0.3, -0.25) is 0 Å². The molecule has 1 atom stereocenters. The molecule has 2 rings (SSSR count). The van der Waals surface area contributed by atoms with Crippen molar-refractivity contribution in [1.29, 1.82) is 0 Å². The summed E-state index contributed by atoms with van der Waals surface area (Å²) in [5.74, 6) is 1.68. The first-order valence-electron chi connectivity index (χ1n) is 7.16. The van der Waals surface area contributed by atoms with Gasteiger partial charge in [-0.25, -0.2) is 4.98 Å².